The Balaban J connectivity index is 1.70. The fraction of sp³-hybridized carbons (Fsp3) is 0.238. The van der Waals surface area contributed by atoms with E-state index in [9.17, 15) is 9.59 Å². The molecule has 0 aliphatic heterocycles. The van der Waals surface area contributed by atoms with Gasteiger partial charge in [0, 0.05) is 28.8 Å². The molecule has 0 aliphatic carbocycles. The third-order valence-corrected chi connectivity index (χ3v) is 5.90. The summed E-state index contributed by atoms with van der Waals surface area (Å²) in [6, 6.07) is 16.5. The van der Waals surface area contributed by atoms with Gasteiger partial charge in [0.2, 0.25) is 16.9 Å². The zero-order chi connectivity index (χ0) is 21.3. The zero-order valence-electron chi connectivity index (χ0n) is 16.0. The highest BCUT2D eigenvalue weighted by Crippen LogP contribution is 2.27. The molecule has 1 heterocycles. The van der Waals surface area contributed by atoms with E-state index in [2.05, 4.69) is 36.8 Å². The minimum atomic E-state index is -0.727. The van der Waals surface area contributed by atoms with E-state index < -0.39 is 6.04 Å². The first-order chi connectivity index (χ1) is 14.5. The van der Waals surface area contributed by atoms with Crippen LogP contribution in [0.5, 0.6) is 0 Å². The molecule has 0 saturated carbocycles. The van der Waals surface area contributed by atoms with Crippen molar-refractivity contribution >= 4 is 55.8 Å². The maximum atomic E-state index is 12.9. The van der Waals surface area contributed by atoms with Gasteiger partial charge in [0.05, 0.1) is 0 Å². The number of hydrogen-bond donors (Lipinski definition) is 2. The molecule has 2 N–H and O–H groups in total. The van der Waals surface area contributed by atoms with E-state index in [-0.39, 0.29) is 18.2 Å². The summed E-state index contributed by atoms with van der Waals surface area (Å²) in [4.78, 5) is 25.1. The van der Waals surface area contributed by atoms with E-state index in [1.54, 1.807) is 0 Å². The molecule has 9 heteroatoms. The topological polar surface area (TPSA) is 84.0 Å². The summed E-state index contributed by atoms with van der Waals surface area (Å²) >= 11 is 10.3. The fourth-order valence-corrected chi connectivity index (χ4v) is 3.88. The third kappa shape index (κ3) is 6.62. The highest BCUT2D eigenvalue weighted by molar-refractivity contribution is 9.10. The quantitative estimate of drug-likeness (QED) is 0.413. The average Bonchev–Trinajstić information content (AvgIpc) is 3.21. The maximum absolute atomic E-state index is 12.9. The molecule has 0 bridgehead atoms. The van der Waals surface area contributed by atoms with Gasteiger partial charge in [-0.2, -0.15) is 0 Å². The van der Waals surface area contributed by atoms with Crippen molar-refractivity contribution in [2.45, 2.75) is 25.3 Å². The zero-order valence-corrected chi connectivity index (χ0v) is 19.1. The van der Waals surface area contributed by atoms with E-state index in [0.717, 1.165) is 15.6 Å². The SMILES string of the molecule is O=C(CCCCl)NC(Cc1ccccc1)C(=O)Nc1nnc(-c2ccc(Br)cc2)s1. The molecule has 6 nitrogen and oxygen atoms in total. The summed E-state index contributed by atoms with van der Waals surface area (Å²) in [6.07, 6.45) is 1.20. The Morgan fingerprint density at radius 3 is 2.50 bits per heavy atom. The standard InChI is InChI=1S/C21H20BrClN4O2S/c22-16-10-8-15(9-11-16)20-26-27-21(30-20)25-19(29)17(24-18(28)7-4-12-23)13-14-5-2-1-3-6-14/h1-3,5-6,8-11,17H,4,7,12-13H2,(H,24,28)(H,25,27,29). The van der Waals surface area contributed by atoms with Crippen molar-refractivity contribution in [3.05, 3.63) is 64.6 Å². The Morgan fingerprint density at radius 2 is 1.80 bits per heavy atom. The lowest BCUT2D eigenvalue weighted by Gasteiger charge is -2.17. The number of carbonyl (C=O) groups is 2. The summed E-state index contributed by atoms with van der Waals surface area (Å²) in [7, 11) is 0. The minimum Gasteiger partial charge on any atom is -0.344 e. The Morgan fingerprint density at radius 1 is 1.07 bits per heavy atom. The second-order valence-electron chi connectivity index (χ2n) is 6.51. The van der Waals surface area contributed by atoms with Crippen molar-refractivity contribution in [2.75, 3.05) is 11.2 Å². The number of benzene rings is 2. The number of anilines is 1. The van der Waals surface area contributed by atoms with Crippen LogP contribution in [-0.4, -0.2) is 33.9 Å². The van der Waals surface area contributed by atoms with E-state index in [1.807, 2.05) is 54.6 Å². The molecule has 3 rings (SSSR count). The molecule has 0 saturated heterocycles. The first-order valence-corrected chi connectivity index (χ1v) is 11.5. The number of rotatable bonds is 9. The highest BCUT2D eigenvalue weighted by Gasteiger charge is 2.22. The lowest BCUT2D eigenvalue weighted by Crippen LogP contribution is -2.45. The number of nitrogens with one attached hydrogen (secondary N) is 2. The van der Waals surface area contributed by atoms with Gasteiger partial charge in [-0.15, -0.1) is 21.8 Å². The summed E-state index contributed by atoms with van der Waals surface area (Å²) in [5.41, 5.74) is 1.86. The van der Waals surface area contributed by atoms with Crippen molar-refractivity contribution in [1.82, 2.24) is 15.5 Å². The number of amides is 2. The Labute approximate surface area is 192 Å². The lowest BCUT2D eigenvalue weighted by atomic mass is 10.1. The molecule has 2 aromatic carbocycles. The molecule has 2 amide bonds. The second kappa shape index (κ2) is 11.2. The first kappa shape index (κ1) is 22.4. The van der Waals surface area contributed by atoms with Crippen molar-refractivity contribution < 1.29 is 9.59 Å². The van der Waals surface area contributed by atoms with E-state index in [4.69, 9.17) is 11.6 Å². The van der Waals surface area contributed by atoms with Crippen LogP contribution in [-0.2, 0) is 16.0 Å². The van der Waals surface area contributed by atoms with Crippen LogP contribution in [0.25, 0.3) is 10.6 Å². The summed E-state index contributed by atoms with van der Waals surface area (Å²) < 4.78 is 0.970. The number of nitrogens with zero attached hydrogens (tertiary/aromatic N) is 2. The van der Waals surface area contributed by atoms with Crippen molar-refractivity contribution in [1.29, 1.82) is 0 Å². The Bertz CT molecular complexity index is 982. The van der Waals surface area contributed by atoms with Crippen LogP contribution >= 0.6 is 38.9 Å². The van der Waals surface area contributed by atoms with Crippen molar-refractivity contribution in [2.24, 2.45) is 0 Å². The Hall–Kier alpha value is -2.29. The fourth-order valence-electron chi connectivity index (χ4n) is 2.73. The number of aromatic nitrogens is 2. The van der Waals surface area contributed by atoms with Crippen LogP contribution in [0, 0.1) is 0 Å². The molecule has 3 aromatic rings. The van der Waals surface area contributed by atoms with Crippen LogP contribution in [0.3, 0.4) is 0 Å². The third-order valence-electron chi connectivity index (χ3n) is 4.22. The monoisotopic (exact) mass is 506 g/mol. The maximum Gasteiger partial charge on any atom is 0.249 e. The van der Waals surface area contributed by atoms with Gasteiger partial charge >= 0.3 is 0 Å². The molecular weight excluding hydrogens is 488 g/mol. The van der Waals surface area contributed by atoms with Gasteiger partial charge in [-0.25, -0.2) is 0 Å². The molecule has 0 aliphatic rings. The molecule has 1 aromatic heterocycles. The largest absolute Gasteiger partial charge is 0.344 e. The number of carbonyl (C=O) groups excluding carboxylic acids is 2. The first-order valence-electron chi connectivity index (χ1n) is 9.34. The van der Waals surface area contributed by atoms with Gasteiger partial charge in [-0.05, 0) is 24.1 Å². The summed E-state index contributed by atoms with van der Waals surface area (Å²) in [6.45, 7) is 0. The molecule has 30 heavy (non-hydrogen) atoms. The minimum absolute atomic E-state index is 0.209. The van der Waals surface area contributed by atoms with Crippen LogP contribution in [0.4, 0.5) is 5.13 Å². The average molecular weight is 508 g/mol. The number of hydrogen-bond acceptors (Lipinski definition) is 5. The molecule has 0 spiro atoms. The van der Waals surface area contributed by atoms with Gasteiger partial charge in [0.25, 0.3) is 0 Å². The highest BCUT2D eigenvalue weighted by atomic mass is 79.9. The molecule has 0 radical (unpaired) electrons. The predicted octanol–water partition coefficient (Wildman–Crippen LogP) is 4.65. The van der Waals surface area contributed by atoms with E-state index in [1.165, 1.54) is 11.3 Å². The van der Waals surface area contributed by atoms with Crippen LogP contribution < -0.4 is 10.6 Å². The molecule has 0 fully saturated rings. The number of alkyl halides is 1. The van der Waals surface area contributed by atoms with Gasteiger partial charge < -0.3 is 5.32 Å². The van der Waals surface area contributed by atoms with E-state index >= 15 is 0 Å². The van der Waals surface area contributed by atoms with Crippen molar-refractivity contribution in [3.63, 3.8) is 0 Å². The molecular formula is C21H20BrClN4O2S. The van der Waals surface area contributed by atoms with Crippen molar-refractivity contribution in [3.8, 4) is 10.6 Å². The molecule has 1 atom stereocenters. The normalized spacial score (nSPS) is 11.7. The molecule has 156 valence electrons. The summed E-state index contributed by atoms with van der Waals surface area (Å²) in [5, 5.41) is 14.9. The van der Waals surface area contributed by atoms with Gasteiger partial charge in [-0.1, -0.05) is 69.7 Å². The predicted molar refractivity (Wildman–Crippen MR) is 124 cm³/mol. The van der Waals surface area contributed by atoms with E-state index in [0.29, 0.717) is 28.9 Å². The van der Waals surface area contributed by atoms with Crippen LogP contribution in [0.15, 0.2) is 59.1 Å². The summed E-state index contributed by atoms with van der Waals surface area (Å²) in [5.74, 6) is -0.150. The molecule has 1 unspecified atom stereocenters. The lowest BCUT2D eigenvalue weighted by molar-refractivity contribution is -0.126. The smallest absolute Gasteiger partial charge is 0.249 e. The van der Waals surface area contributed by atoms with Gasteiger partial charge in [0.15, 0.2) is 0 Å². The van der Waals surface area contributed by atoms with Gasteiger partial charge in [0.1, 0.15) is 11.0 Å². The van der Waals surface area contributed by atoms with Crippen LogP contribution in [0.1, 0.15) is 18.4 Å². The second-order valence-corrected chi connectivity index (χ2v) is 8.78. The number of halogens is 2. The van der Waals surface area contributed by atoms with Gasteiger partial charge in [-0.3, -0.25) is 14.9 Å². The Kier molecular flexibility index (Phi) is 8.36. The van der Waals surface area contributed by atoms with Crippen LogP contribution in [0.2, 0.25) is 0 Å².